The number of anilines is 1. The van der Waals surface area contributed by atoms with E-state index in [0.717, 1.165) is 80.5 Å². The number of esters is 1. The van der Waals surface area contributed by atoms with E-state index in [1.807, 2.05) is 6.20 Å². The minimum absolute atomic E-state index is 0.0836. The average Bonchev–Trinajstić information content (AvgIpc) is 3.86. The zero-order valence-corrected chi connectivity index (χ0v) is 29.3. The molecule has 0 radical (unpaired) electrons. The average molecular weight is 668 g/mol. The molecule has 0 saturated heterocycles. The van der Waals surface area contributed by atoms with Gasteiger partial charge in [-0.05, 0) is 144 Å². The van der Waals surface area contributed by atoms with Gasteiger partial charge in [-0.1, -0.05) is 24.3 Å². The lowest BCUT2D eigenvalue weighted by Crippen LogP contribution is -2.42. The van der Waals surface area contributed by atoms with Crippen LogP contribution in [0.5, 0.6) is 5.75 Å². The van der Waals surface area contributed by atoms with Crippen molar-refractivity contribution in [1.29, 1.82) is 0 Å². The minimum Gasteiger partial charge on any atom is -0.496 e. The van der Waals surface area contributed by atoms with Crippen LogP contribution >= 0.6 is 0 Å². The molecule has 4 aliphatic carbocycles. The normalized spacial score (nSPS) is 27.3. The monoisotopic (exact) mass is 667 g/mol. The van der Waals surface area contributed by atoms with Gasteiger partial charge in [0.15, 0.2) is 0 Å². The number of rotatable bonds is 10. The second kappa shape index (κ2) is 15.1. The summed E-state index contributed by atoms with van der Waals surface area (Å²) in [5.74, 6) is 1.80. The molecule has 49 heavy (non-hydrogen) atoms. The molecule has 4 fully saturated rings. The molecule has 0 atom stereocenters. The van der Waals surface area contributed by atoms with Crippen LogP contribution in [0, 0.1) is 24.7 Å². The van der Waals surface area contributed by atoms with E-state index in [1.165, 1.54) is 24.0 Å². The molecule has 1 aromatic heterocycles. The summed E-state index contributed by atoms with van der Waals surface area (Å²) in [6, 6.07) is 15.6. The van der Waals surface area contributed by atoms with Gasteiger partial charge in [0.1, 0.15) is 11.9 Å². The first-order valence-electron chi connectivity index (χ1n) is 18.8. The van der Waals surface area contributed by atoms with Crippen molar-refractivity contribution >= 4 is 17.6 Å². The Morgan fingerprint density at radius 1 is 0.857 bits per heavy atom. The van der Waals surface area contributed by atoms with Gasteiger partial charge >= 0.3 is 5.97 Å². The predicted molar refractivity (Wildman–Crippen MR) is 191 cm³/mol. The maximum atomic E-state index is 14.5. The molecule has 1 N–H and O–H groups in total. The Hall–Kier alpha value is -3.65. The molecule has 0 spiro atoms. The number of hydrogen-bond acceptors (Lipinski definition) is 6. The van der Waals surface area contributed by atoms with Crippen molar-refractivity contribution in [2.45, 2.75) is 121 Å². The van der Waals surface area contributed by atoms with Crippen molar-refractivity contribution in [2.75, 3.05) is 18.6 Å². The molecule has 262 valence electrons. The molecular formula is C41H53N3O5. The third-order valence-corrected chi connectivity index (χ3v) is 11.8. The van der Waals surface area contributed by atoms with Crippen LogP contribution in [0.25, 0.3) is 11.1 Å². The van der Waals surface area contributed by atoms with Gasteiger partial charge in [0.2, 0.25) is 5.91 Å². The molecule has 3 aromatic rings. The fraction of sp³-hybridized carbons (Fsp3) is 0.585. The van der Waals surface area contributed by atoms with E-state index in [9.17, 15) is 14.7 Å². The number of carbonyl (C=O) groups is 2. The molecule has 4 saturated carbocycles. The number of aliphatic hydroxyl groups is 1. The van der Waals surface area contributed by atoms with Gasteiger partial charge in [-0.15, -0.1) is 0 Å². The van der Waals surface area contributed by atoms with Crippen LogP contribution in [-0.2, 0) is 14.3 Å². The van der Waals surface area contributed by atoms with Crippen LogP contribution in [0.4, 0.5) is 5.69 Å². The molecule has 1 heterocycles. The Bertz CT molecular complexity index is 1590. The van der Waals surface area contributed by atoms with Gasteiger partial charge in [-0.25, -0.2) is 0 Å². The minimum atomic E-state index is -0.289. The first kappa shape index (κ1) is 33.8. The molecule has 1 amide bonds. The molecule has 8 nitrogen and oxygen atoms in total. The number of amides is 1. The summed E-state index contributed by atoms with van der Waals surface area (Å²) in [5.41, 5.74) is 5.71. The van der Waals surface area contributed by atoms with Crippen molar-refractivity contribution in [3.63, 3.8) is 0 Å². The number of aliphatic hydroxyl groups excluding tert-OH is 1. The first-order valence-corrected chi connectivity index (χ1v) is 18.8. The highest BCUT2D eigenvalue weighted by Crippen LogP contribution is 2.40. The second-order valence-corrected chi connectivity index (χ2v) is 15.3. The van der Waals surface area contributed by atoms with Crippen molar-refractivity contribution < 1.29 is 24.2 Å². The molecule has 8 heteroatoms. The number of methoxy groups -OCH3 is 1. The second-order valence-electron chi connectivity index (χ2n) is 15.3. The predicted octanol–water partition coefficient (Wildman–Crippen LogP) is 8.16. The SMILES string of the molecule is COc1ccc([C@H]2CC[C@H](CN(c3cccc(-c4cnn(C5CC5)c4)c3)C(=O)[C@H]3CC[C@H](OC(=O)[C@H]4CC[C@H](O)CC4)CC3)CC2)cc1C. The number of carbonyl (C=O) groups excluding carboxylic acids is 2. The van der Waals surface area contributed by atoms with Crippen LogP contribution in [-0.4, -0.2) is 52.6 Å². The molecule has 0 bridgehead atoms. The molecule has 2 aromatic carbocycles. The van der Waals surface area contributed by atoms with Gasteiger partial charge in [0.25, 0.3) is 0 Å². The number of benzene rings is 2. The van der Waals surface area contributed by atoms with Crippen LogP contribution in [0.3, 0.4) is 0 Å². The van der Waals surface area contributed by atoms with Crippen molar-refractivity contribution in [1.82, 2.24) is 9.78 Å². The van der Waals surface area contributed by atoms with E-state index in [4.69, 9.17) is 9.47 Å². The first-order chi connectivity index (χ1) is 23.8. The van der Waals surface area contributed by atoms with Gasteiger partial charge in [-0.2, -0.15) is 5.10 Å². The molecular weight excluding hydrogens is 614 g/mol. The highest BCUT2D eigenvalue weighted by Gasteiger charge is 2.35. The van der Waals surface area contributed by atoms with Gasteiger partial charge in [-0.3, -0.25) is 14.3 Å². The quantitative estimate of drug-likeness (QED) is 0.219. The van der Waals surface area contributed by atoms with E-state index in [-0.39, 0.29) is 35.9 Å². The summed E-state index contributed by atoms with van der Waals surface area (Å²) in [7, 11) is 1.73. The lowest BCUT2D eigenvalue weighted by molar-refractivity contribution is -0.157. The zero-order chi connectivity index (χ0) is 33.9. The summed E-state index contributed by atoms with van der Waals surface area (Å²) in [6.45, 7) is 2.84. The lowest BCUT2D eigenvalue weighted by atomic mass is 9.78. The summed E-state index contributed by atoms with van der Waals surface area (Å²) in [6.07, 6.45) is 16.1. The summed E-state index contributed by atoms with van der Waals surface area (Å²) >= 11 is 0. The maximum absolute atomic E-state index is 14.5. The highest BCUT2D eigenvalue weighted by atomic mass is 16.5. The molecule has 4 aliphatic rings. The van der Waals surface area contributed by atoms with Gasteiger partial charge < -0.3 is 19.5 Å². The van der Waals surface area contributed by atoms with E-state index >= 15 is 0 Å². The molecule has 0 aliphatic heterocycles. The van der Waals surface area contributed by atoms with Crippen LogP contribution in [0.1, 0.15) is 113 Å². The Labute approximate surface area is 291 Å². The highest BCUT2D eigenvalue weighted by molar-refractivity contribution is 5.95. The van der Waals surface area contributed by atoms with E-state index < -0.39 is 0 Å². The molecule has 7 rings (SSSR count). The van der Waals surface area contributed by atoms with Crippen LogP contribution in [0.15, 0.2) is 54.9 Å². The van der Waals surface area contributed by atoms with Crippen molar-refractivity contribution in [3.8, 4) is 16.9 Å². The van der Waals surface area contributed by atoms with Gasteiger partial charge in [0.05, 0.1) is 31.4 Å². The Kier molecular flexibility index (Phi) is 10.4. The number of nitrogens with zero attached hydrogens (tertiary/aromatic N) is 3. The third-order valence-electron chi connectivity index (χ3n) is 11.8. The number of aromatic nitrogens is 2. The van der Waals surface area contributed by atoms with E-state index in [2.05, 4.69) is 70.3 Å². The van der Waals surface area contributed by atoms with E-state index in [1.54, 1.807) is 7.11 Å². The van der Waals surface area contributed by atoms with Crippen molar-refractivity contribution in [3.05, 3.63) is 66.0 Å². The molecule has 0 unspecified atom stereocenters. The number of hydrogen-bond donors (Lipinski definition) is 1. The fourth-order valence-corrected chi connectivity index (χ4v) is 8.51. The third kappa shape index (κ3) is 8.06. The van der Waals surface area contributed by atoms with Crippen LogP contribution in [0.2, 0.25) is 0 Å². The number of ether oxygens (including phenoxy) is 2. The van der Waals surface area contributed by atoms with E-state index in [0.29, 0.717) is 43.6 Å². The maximum Gasteiger partial charge on any atom is 0.309 e. The summed E-state index contributed by atoms with van der Waals surface area (Å²) in [5, 5.41) is 14.4. The Morgan fingerprint density at radius 2 is 1.59 bits per heavy atom. The zero-order valence-electron chi connectivity index (χ0n) is 29.3. The Morgan fingerprint density at radius 3 is 2.29 bits per heavy atom. The standard InChI is InChI=1S/C41H53N3O5/c1-27-22-33(14-21-39(27)48-2)29-8-6-28(7-9-29)25-43(36-5-3-4-32(23-36)34-24-42-44(26-34)35-15-16-35)40(46)30-12-19-38(20-13-30)49-41(47)31-10-17-37(45)18-11-31/h3-5,14,21-24,26,28-31,35,37-38,45H,6-13,15-20,25H2,1-2H3/t28-,29-,30-,31-,37-,38-. The largest absolute Gasteiger partial charge is 0.496 e. The topological polar surface area (TPSA) is 93.9 Å². The Balaban J connectivity index is 1.03. The summed E-state index contributed by atoms with van der Waals surface area (Å²) in [4.78, 5) is 29.4. The smallest absolute Gasteiger partial charge is 0.309 e. The van der Waals surface area contributed by atoms with Gasteiger partial charge in [0, 0.05) is 29.9 Å². The summed E-state index contributed by atoms with van der Waals surface area (Å²) < 4.78 is 13.5. The van der Waals surface area contributed by atoms with Crippen molar-refractivity contribution in [2.24, 2.45) is 17.8 Å². The van der Waals surface area contributed by atoms with Crippen LogP contribution < -0.4 is 9.64 Å². The number of aryl methyl sites for hydroxylation is 1. The fourth-order valence-electron chi connectivity index (χ4n) is 8.51. The lowest BCUT2D eigenvalue weighted by Gasteiger charge is -2.36.